The summed E-state index contributed by atoms with van der Waals surface area (Å²) >= 11 is 1.42. The number of methoxy groups -OCH3 is 1. The van der Waals surface area contributed by atoms with Gasteiger partial charge in [0.1, 0.15) is 0 Å². The van der Waals surface area contributed by atoms with Gasteiger partial charge in [-0.15, -0.1) is 11.8 Å². The molecule has 0 spiro atoms. The first-order chi connectivity index (χ1) is 5.83. The van der Waals surface area contributed by atoms with Crippen LogP contribution in [0.25, 0.3) is 0 Å². The molecule has 0 bridgehead atoms. The van der Waals surface area contributed by atoms with Gasteiger partial charge in [0.15, 0.2) is 0 Å². The molecular formula is C9H9O2S. The fraction of sp³-hybridized carbons (Fsp3) is 0.222. The van der Waals surface area contributed by atoms with Gasteiger partial charge in [0, 0.05) is 4.90 Å². The van der Waals surface area contributed by atoms with E-state index in [2.05, 4.69) is 10.8 Å². The Bertz CT molecular complexity index is 246. The number of thioether (sulfide) groups is 1. The van der Waals surface area contributed by atoms with Crippen molar-refractivity contribution in [2.45, 2.75) is 4.90 Å². The van der Waals surface area contributed by atoms with E-state index in [1.165, 1.54) is 18.9 Å². The lowest BCUT2D eigenvalue weighted by molar-refractivity contribution is -0.137. The van der Waals surface area contributed by atoms with Gasteiger partial charge in [-0.25, -0.2) is 0 Å². The second kappa shape index (κ2) is 4.83. The molecule has 3 heteroatoms. The highest BCUT2D eigenvalue weighted by Crippen LogP contribution is 2.15. The molecule has 0 N–H and O–H groups in total. The molecule has 12 heavy (non-hydrogen) atoms. The highest BCUT2D eigenvalue weighted by atomic mass is 32.2. The van der Waals surface area contributed by atoms with E-state index in [0.717, 1.165) is 4.90 Å². The fourth-order valence-electron chi connectivity index (χ4n) is 0.662. The maximum Gasteiger partial charge on any atom is 0.315 e. The van der Waals surface area contributed by atoms with Crippen molar-refractivity contribution in [3.05, 3.63) is 30.3 Å². The van der Waals surface area contributed by atoms with Crippen LogP contribution in [0.15, 0.2) is 29.2 Å². The maximum absolute atomic E-state index is 10.7. The highest BCUT2D eigenvalue weighted by molar-refractivity contribution is 8.00. The molecule has 1 rings (SSSR count). The smallest absolute Gasteiger partial charge is 0.315 e. The molecule has 0 aliphatic carbocycles. The van der Waals surface area contributed by atoms with Gasteiger partial charge in [-0.3, -0.25) is 4.79 Å². The van der Waals surface area contributed by atoms with Crippen LogP contribution in [0.4, 0.5) is 0 Å². The molecule has 1 aromatic carbocycles. The molecule has 0 atom stereocenters. The van der Waals surface area contributed by atoms with Gasteiger partial charge in [0.25, 0.3) is 0 Å². The first-order valence-corrected chi connectivity index (χ1v) is 4.48. The van der Waals surface area contributed by atoms with Crippen LogP contribution in [0.2, 0.25) is 0 Å². The third-order valence-corrected chi connectivity index (χ3v) is 2.20. The van der Waals surface area contributed by atoms with Crippen LogP contribution in [0.1, 0.15) is 0 Å². The van der Waals surface area contributed by atoms with Crippen LogP contribution >= 0.6 is 11.8 Å². The molecule has 0 saturated heterocycles. The highest BCUT2D eigenvalue weighted by Gasteiger charge is 2.00. The Balaban J connectivity index is 2.38. The minimum Gasteiger partial charge on any atom is -0.468 e. The Hall–Kier alpha value is -0.960. The predicted octanol–water partition coefficient (Wildman–Crippen LogP) is 1.75. The van der Waals surface area contributed by atoms with Crippen molar-refractivity contribution in [1.29, 1.82) is 0 Å². The quantitative estimate of drug-likeness (QED) is 0.525. The Kier molecular flexibility index (Phi) is 3.67. The molecule has 0 aliphatic heterocycles. The van der Waals surface area contributed by atoms with Crippen LogP contribution < -0.4 is 0 Å². The molecular weight excluding hydrogens is 172 g/mol. The monoisotopic (exact) mass is 181 g/mol. The molecule has 0 amide bonds. The third kappa shape index (κ3) is 2.96. The number of carbonyl (C=O) groups is 1. The molecule has 0 unspecified atom stereocenters. The lowest BCUT2D eigenvalue weighted by atomic mass is 10.4. The van der Waals surface area contributed by atoms with E-state index in [1.54, 1.807) is 0 Å². The van der Waals surface area contributed by atoms with Gasteiger partial charge in [-0.05, 0) is 12.1 Å². The zero-order valence-electron chi connectivity index (χ0n) is 6.74. The largest absolute Gasteiger partial charge is 0.468 e. The predicted molar refractivity (Wildman–Crippen MR) is 48.0 cm³/mol. The first-order valence-electron chi connectivity index (χ1n) is 3.49. The van der Waals surface area contributed by atoms with Gasteiger partial charge in [-0.2, -0.15) is 0 Å². The zero-order valence-corrected chi connectivity index (χ0v) is 7.56. The number of esters is 1. The van der Waals surface area contributed by atoms with Gasteiger partial charge in [0.2, 0.25) is 0 Å². The fourth-order valence-corrected chi connectivity index (χ4v) is 1.38. The number of benzene rings is 1. The molecule has 1 radical (unpaired) electrons. The lowest BCUT2D eigenvalue weighted by Gasteiger charge is -1.98. The van der Waals surface area contributed by atoms with Crippen molar-refractivity contribution < 1.29 is 9.53 Å². The van der Waals surface area contributed by atoms with Crippen LogP contribution in [0, 0.1) is 6.07 Å². The Labute approximate surface area is 75.9 Å². The Morgan fingerprint density at radius 1 is 1.67 bits per heavy atom. The molecule has 2 nitrogen and oxygen atoms in total. The minimum absolute atomic E-state index is 0.211. The Morgan fingerprint density at radius 2 is 2.50 bits per heavy atom. The topological polar surface area (TPSA) is 26.3 Å². The van der Waals surface area contributed by atoms with E-state index < -0.39 is 0 Å². The second-order valence-corrected chi connectivity index (χ2v) is 3.11. The number of hydrogen-bond donors (Lipinski definition) is 0. The number of carbonyl (C=O) groups excluding carboxylic acids is 1. The summed E-state index contributed by atoms with van der Waals surface area (Å²) in [5.41, 5.74) is 0. The summed E-state index contributed by atoms with van der Waals surface area (Å²) in [6, 6.07) is 10.5. The maximum atomic E-state index is 10.7. The van der Waals surface area contributed by atoms with Crippen molar-refractivity contribution >= 4 is 17.7 Å². The van der Waals surface area contributed by atoms with Crippen molar-refractivity contribution in [1.82, 2.24) is 0 Å². The van der Waals surface area contributed by atoms with E-state index in [1.807, 2.05) is 24.3 Å². The van der Waals surface area contributed by atoms with E-state index in [9.17, 15) is 4.79 Å². The molecule has 0 heterocycles. The first kappa shape index (κ1) is 9.13. The second-order valence-electron chi connectivity index (χ2n) is 2.09. The standard InChI is InChI=1S/C9H9O2S/c1-11-9(10)7-12-8-5-3-2-4-6-8/h2-5H,7H2,1H3. The van der Waals surface area contributed by atoms with Crippen LogP contribution in [-0.2, 0) is 9.53 Å². The van der Waals surface area contributed by atoms with Crippen molar-refractivity contribution in [2.75, 3.05) is 12.9 Å². The average molecular weight is 181 g/mol. The van der Waals surface area contributed by atoms with Crippen LogP contribution in [0.5, 0.6) is 0 Å². The van der Waals surface area contributed by atoms with E-state index in [0.29, 0.717) is 5.75 Å². The van der Waals surface area contributed by atoms with Crippen molar-refractivity contribution in [2.24, 2.45) is 0 Å². The summed E-state index contributed by atoms with van der Waals surface area (Å²) in [6.07, 6.45) is 0. The average Bonchev–Trinajstić information content (AvgIpc) is 2.16. The molecule has 0 saturated carbocycles. The molecule has 0 fully saturated rings. The minimum atomic E-state index is -0.211. The normalized spacial score (nSPS) is 9.42. The summed E-state index contributed by atoms with van der Waals surface area (Å²) in [5.74, 6) is 0.133. The van der Waals surface area contributed by atoms with Gasteiger partial charge >= 0.3 is 5.97 Å². The van der Waals surface area contributed by atoms with Crippen LogP contribution in [-0.4, -0.2) is 18.8 Å². The molecule has 1 aromatic rings. The summed E-state index contributed by atoms with van der Waals surface area (Å²) in [7, 11) is 1.39. The molecule has 0 aromatic heterocycles. The lowest BCUT2D eigenvalue weighted by Crippen LogP contribution is -2.02. The number of ether oxygens (including phenoxy) is 1. The van der Waals surface area contributed by atoms with Gasteiger partial charge < -0.3 is 4.74 Å². The summed E-state index contributed by atoms with van der Waals surface area (Å²) in [4.78, 5) is 11.7. The number of rotatable bonds is 3. The summed E-state index contributed by atoms with van der Waals surface area (Å²) < 4.78 is 4.50. The molecule has 63 valence electrons. The van der Waals surface area contributed by atoms with Gasteiger partial charge in [0.05, 0.1) is 12.9 Å². The van der Waals surface area contributed by atoms with E-state index in [-0.39, 0.29) is 5.97 Å². The SMILES string of the molecule is COC(=O)CSc1[c]cccc1. The Morgan fingerprint density at radius 3 is 3.08 bits per heavy atom. The van der Waals surface area contributed by atoms with Crippen molar-refractivity contribution in [3.8, 4) is 0 Å². The van der Waals surface area contributed by atoms with Crippen molar-refractivity contribution in [3.63, 3.8) is 0 Å². The third-order valence-electron chi connectivity index (χ3n) is 1.25. The summed E-state index contributed by atoms with van der Waals surface area (Å²) in [6.45, 7) is 0. The van der Waals surface area contributed by atoms with Crippen LogP contribution in [0.3, 0.4) is 0 Å². The molecule has 0 aliphatic rings. The zero-order chi connectivity index (χ0) is 8.81. The van der Waals surface area contributed by atoms with Gasteiger partial charge in [-0.1, -0.05) is 18.2 Å². The van der Waals surface area contributed by atoms with E-state index in [4.69, 9.17) is 0 Å². The van der Waals surface area contributed by atoms with E-state index >= 15 is 0 Å². The summed E-state index contributed by atoms with van der Waals surface area (Å²) in [5, 5.41) is 0. The number of hydrogen-bond acceptors (Lipinski definition) is 3.